The van der Waals surface area contributed by atoms with Gasteiger partial charge in [-0.05, 0) is 24.3 Å². The number of rotatable bonds is 4. The summed E-state index contributed by atoms with van der Waals surface area (Å²) in [5.41, 5.74) is 0.275. The topological polar surface area (TPSA) is 75.2 Å². The molecular weight excluding hydrogens is 294 g/mol. The van der Waals surface area contributed by atoms with Gasteiger partial charge in [-0.3, -0.25) is 19.1 Å². The van der Waals surface area contributed by atoms with E-state index in [2.05, 4.69) is 17.1 Å². The zero-order valence-corrected chi connectivity index (χ0v) is 12.8. The average molecular weight is 313 g/mol. The third-order valence-electron chi connectivity index (χ3n) is 4.21. The Kier molecular flexibility index (Phi) is 4.41. The molecular formula is C17H19N3O3. The van der Waals surface area contributed by atoms with Crippen LogP contribution >= 0.6 is 0 Å². The molecule has 1 aliphatic heterocycles. The van der Waals surface area contributed by atoms with E-state index in [0.717, 1.165) is 12.8 Å². The number of carbonyl (C=O) groups excluding carboxylic acids is 1. The summed E-state index contributed by atoms with van der Waals surface area (Å²) < 4.78 is 1.23. The van der Waals surface area contributed by atoms with Gasteiger partial charge in [0.2, 0.25) is 5.91 Å². The van der Waals surface area contributed by atoms with Crippen LogP contribution in [0.15, 0.2) is 52.2 Å². The van der Waals surface area contributed by atoms with Crippen LogP contribution in [-0.2, 0) is 17.8 Å². The lowest BCUT2D eigenvalue weighted by atomic mass is 9.99. The maximum Gasteiger partial charge on any atom is 0.328 e. The number of benzene rings is 1. The van der Waals surface area contributed by atoms with Gasteiger partial charge in [0, 0.05) is 25.4 Å². The van der Waals surface area contributed by atoms with Crippen LogP contribution in [0.2, 0.25) is 0 Å². The van der Waals surface area contributed by atoms with Crippen molar-refractivity contribution in [3.8, 4) is 0 Å². The molecule has 23 heavy (non-hydrogen) atoms. The van der Waals surface area contributed by atoms with Crippen LogP contribution in [0, 0.1) is 5.92 Å². The minimum Gasteiger partial charge on any atom is -0.341 e. The summed E-state index contributed by atoms with van der Waals surface area (Å²) >= 11 is 0. The number of H-pyrrole nitrogens is 1. The number of nitrogens with zero attached hydrogens (tertiary/aromatic N) is 2. The normalized spacial score (nSPS) is 17.4. The SMILES string of the molecule is O=C(Cn1ccc(=O)[nH]c1=O)N1CCC(Cc2ccccc2)C1. The smallest absolute Gasteiger partial charge is 0.328 e. The summed E-state index contributed by atoms with van der Waals surface area (Å²) in [5, 5.41) is 0. The van der Waals surface area contributed by atoms with E-state index in [1.165, 1.54) is 22.4 Å². The van der Waals surface area contributed by atoms with Crippen molar-refractivity contribution in [1.29, 1.82) is 0 Å². The van der Waals surface area contributed by atoms with E-state index in [0.29, 0.717) is 19.0 Å². The van der Waals surface area contributed by atoms with Crippen molar-refractivity contribution >= 4 is 5.91 Å². The zero-order valence-electron chi connectivity index (χ0n) is 12.8. The van der Waals surface area contributed by atoms with Crippen molar-refractivity contribution in [2.45, 2.75) is 19.4 Å². The number of aromatic nitrogens is 2. The molecule has 0 saturated carbocycles. The van der Waals surface area contributed by atoms with Crippen LogP contribution in [0.25, 0.3) is 0 Å². The van der Waals surface area contributed by atoms with Gasteiger partial charge in [0.25, 0.3) is 5.56 Å². The fourth-order valence-electron chi connectivity index (χ4n) is 2.99. The number of aromatic amines is 1. The first-order valence-electron chi connectivity index (χ1n) is 7.73. The fourth-order valence-corrected chi connectivity index (χ4v) is 2.99. The second-order valence-electron chi connectivity index (χ2n) is 5.92. The highest BCUT2D eigenvalue weighted by Gasteiger charge is 2.26. The number of hydrogen-bond donors (Lipinski definition) is 1. The van der Waals surface area contributed by atoms with Crippen molar-refractivity contribution in [1.82, 2.24) is 14.5 Å². The Morgan fingerprint density at radius 2 is 1.96 bits per heavy atom. The molecule has 1 N–H and O–H groups in total. The molecule has 1 saturated heterocycles. The highest BCUT2D eigenvalue weighted by Crippen LogP contribution is 2.21. The Morgan fingerprint density at radius 3 is 2.70 bits per heavy atom. The first-order chi connectivity index (χ1) is 11.1. The van der Waals surface area contributed by atoms with Crippen molar-refractivity contribution < 1.29 is 4.79 Å². The lowest BCUT2D eigenvalue weighted by Gasteiger charge is -2.17. The molecule has 1 amide bonds. The maximum absolute atomic E-state index is 12.3. The first-order valence-corrected chi connectivity index (χ1v) is 7.73. The Balaban J connectivity index is 1.59. The highest BCUT2D eigenvalue weighted by atomic mass is 16.2. The molecule has 0 spiro atoms. The minimum absolute atomic E-state index is 0.0341. The van der Waals surface area contributed by atoms with E-state index in [-0.39, 0.29) is 12.5 Å². The Bertz CT molecular complexity index is 794. The summed E-state index contributed by atoms with van der Waals surface area (Å²) in [6.07, 6.45) is 3.29. The summed E-state index contributed by atoms with van der Waals surface area (Å²) in [7, 11) is 0. The van der Waals surface area contributed by atoms with E-state index in [4.69, 9.17) is 0 Å². The summed E-state index contributed by atoms with van der Waals surface area (Å²) in [5.74, 6) is 0.364. The monoisotopic (exact) mass is 313 g/mol. The average Bonchev–Trinajstić information content (AvgIpc) is 3.00. The molecule has 2 heterocycles. The van der Waals surface area contributed by atoms with Gasteiger partial charge in [-0.15, -0.1) is 0 Å². The largest absolute Gasteiger partial charge is 0.341 e. The molecule has 1 atom stereocenters. The van der Waals surface area contributed by atoms with Gasteiger partial charge in [0.15, 0.2) is 0 Å². The third kappa shape index (κ3) is 3.77. The molecule has 6 heteroatoms. The standard InChI is InChI=1S/C17H19N3O3/c21-15-7-9-20(17(23)18-15)12-16(22)19-8-6-14(11-19)10-13-4-2-1-3-5-13/h1-5,7,9,14H,6,8,10-12H2,(H,18,21,23). The lowest BCUT2D eigenvalue weighted by molar-refractivity contribution is -0.131. The number of likely N-dealkylation sites (tertiary alicyclic amines) is 1. The van der Waals surface area contributed by atoms with Gasteiger partial charge in [-0.2, -0.15) is 0 Å². The van der Waals surface area contributed by atoms with E-state index < -0.39 is 11.2 Å². The summed E-state index contributed by atoms with van der Waals surface area (Å²) in [6.45, 7) is 1.40. The Labute approximate surface area is 133 Å². The molecule has 2 aromatic rings. The van der Waals surface area contributed by atoms with Crippen molar-refractivity contribution in [3.05, 3.63) is 69.0 Å². The van der Waals surface area contributed by atoms with Crippen LogP contribution in [0.3, 0.4) is 0 Å². The molecule has 3 rings (SSSR count). The van der Waals surface area contributed by atoms with Crippen LogP contribution in [-0.4, -0.2) is 33.4 Å². The number of carbonyl (C=O) groups is 1. The van der Waals surface area contributed by atoms with E-state index in [1.54, 1.807) is 4.90 Å². The maximum atomic E-state index is 12.3. The van der Waals surface area contributed by atoms with E-state index in [9.17, 15) is 14.4 Å². The van der Waals surface area contributed by atoms with Crippen LogP contribution < -0.4 is 11.2 Å². The molecule has 1 aromatic heterocycles. The molecule has 1 fully saturated rings. The van der Waals surface area contributed by atoms with Crippen molar-refractivity contribution in [3.63, 3.8) is 0 Å². The predicted octanol–water partition coefficient (Wildman–Crippen LogP) is 0.628. The number of nitrogens with one attached hydrogen (secondary N) is 1. The van der Waals surface area contributed by atoms with Crippen molar-refractivity contribution in [2.24, 2.45) is 5.92 Å². The van der Waals surface area contributed by atoms with E-state index >= 15 is 0 Å². The lowest BCUT2D eigenvalue weighted by Crippen LogP contribution is -2.37. The molecule has 0 radical (unpaired) electrons. The minimum atomic E-state index is -0.550. The summed E-state index contributed by atoms with van der Waals surface area (Å²) in [6, 6.07) is 11.5. The van der Waals surface area contributed by atoms with Gasteiger partial charge in [-0.1, -0.05) is 30.3 Å². The van der Waals surface area contributed by atoms with Crippen molar-refractivity contribution in [2.75, 3.05) is 13.1 Å². The number of hydrogen-bond acceptors (Lipinski definition) is 3. The fraction of sp³-hybridized carbons (Fsp3) is 0.353. The molecule has 1 unspecified atom stereocenters. The molecule has 120 valence electrons. The highest BCUT2D eigenvalue weighted by molar-refractivity contribution is 5.76. The quantitative estimate of drug-likeness (QED) is 0.899. The Morgan fingerprint density at radius 1 is 1.17 bits per heavy atom. The van der Waals surface area contributed by atoms with Crippen LogP contribution in [0.1, 0.15) is 12.0 Å². The van der Waals surface area contributed by atoms with Gasteiger partial charge in [0.1, 0.15) is 6.54 Å². The Hall–Kier alpha value is -2.63. The van der Waals surface area contributed by atoms with Gasteiger partial charge in [-0.25, -0.2) is 4.79 Å². The molecule has 0 aliphatic carbocycles. The molecule has 0 bridgehead atoms. The predicted molar refractivity (Wildman–Crippen MR) is 86.2 cm³/mol. The molecule has 6 nitrogen and oxygen atoms in total. The number of amides is 1. The van der Waals surface area contributed by atoms with E-state index in [1.807, 2.05) is 18.2 Å². The van der Waals surface area contributed by atoms with Crippen LogP contribution in [0.5, 0.6) is 0 Å². The second kappa shape index (κ2) is 6.64. The first kappa shape index (κ1) is 15.3. The zero-order chi connectivity index (χ0) is 16.2. The van der Waals surface area contributed by atoms with Crippen LogP contribution in [0.4, 0.5) is 0 Å². The van der Waals surface area contributed by atoms with Gasteiger partial charge >= 0.3 is 5.69 Å². The second-order valence-corrected chi connectivity index (χ2v) is 5.92. The van der Waals surface area contributed by atoms with Gasteiger partial charge in [0.05, 0.1) is 0 Å². The summed E-state index contributed by atoms with van der Waals surface area (Å²) in [4.78, 5) is 38.9. The third-order valence-corrected chi connectivity index (χ3v) is 4.21. The van der Waals surface area contributed by atoms with Gasteiger partial charge < -0.3 is 4.90 Å². The molecule has 1 aromatic carbocycles. The molecule has 1 aliphatic rings.